The van der Waals surface area contributed by atoms with Crippen molar-refractivity contribution in [2.24, 2.45) is 0 Å². The largest absolute Gasteiger partial charge is 0.493 e. The van der Waals surface area contributed by atoms with Crippen LogP contribution in [0.2, 0.25) is 0 Å². The highest BCUT2D eigenvalue weighted by molar-refractivity contribution is 8.05. The lowest BCUT2D eigenvalue weighted by Crippen LogP contribution is -2.07. The number of hydrogen-bond donors (Lipinski definition) is 0. The Morgan fingerprint density at radius 1 is 1.04 bits per heavy atom. The number of Topliss-reactive ketones (excluding diaryl/α,β-unsaturated/α-hetero) is 1. The van der Waals surface area contributed by atoms with Gasteiger partial charge < -0.3 is 4.74 Å². The van der Waals surface area contributed by atoms with Gasteiger partial charge in [0, 0.05) is 5.57 Å². The molecule has 0 amide bonds. The summed E-state index contributed by atoms with van der Waals surface area (Å²) in [6.07, 6.45) is 0. The van der Waals surface area contributed by atoms with Gasteiger partial charge in [0.2, 0.25) is 5.78 Å². The van der Waals surface area contributed by atoms with Crippen molar-refractivity contribution in [3.05, 3.63) is 70.1 Å². The van der Waals surface area contributed by atoms with Crippen molar-refractivity contribution in [2.45, 2.75) is 12.4 Å². The van der Waals surface area contributed by atoms with Crippen LogP contribution < -0.4 is 4.74 Å². The Bertz CT molecular complexity index is 811. The molecule has 0 bridgehead atoms. The third-order valence-corrected chi connectivity index (χ3v) is 4.36. The van der Waals surface area contributed by atoms with Crippen molar-refractivity contribution < 1.29 is 22.7 Å². The molecule has 3 rings (SSSR count). The van der Waals surface area contributed by atoms with Gasteiger partial charge in [0.1, 0.15) is 5.75 Å². The molecule has 1 aliphatic rings. The second kappa shape index (κ2) is 6.36. The van der Waals surface area contributed by atoms with Gasteiger partial charge in [0.15, 0.2) is 0 Å². The van der Waals surface area contributed by atoms with E-state index in [1.54, 1.807) is 55.5 Å². The molecule has 0 spiro atoms. The van der Waals surface area contributed by atoms with Crippen LogP contribution in [0.3, 0.4) is 0 Å². The Morgan fingerprint density at radius 2 is 1.75 bits per heavy atom. The predicted molar refractivity (Wildman–Crippen MR) is 88.1 cm³/mol. The number of halogens is 3. The van der Waals surface area contributed by atoms with Gasteiger partial charge in [0.25, 0.3) is 0 Å². The second-order valence-electron chi connectivity index (χ2n) is 5.06. The van der Waals surface area contributed by atoms with Crippen LogP contribution in [0.25, 0.3) is 5.57 Å². The van der Waals surface area contributed by atoms with Gasteiger partial charge in [-0.2, -0.15) is 13.2 Å². The zero-order valence-corrected chi connectivity index (χ0v) is 13.5. The quantitative estimate of drug-likeness (QED) is 0.749. The van der Waals surface area contributed by atoms with Crippen molar-refractivity contribution in [1.29, 1.82) is 0 Å². The van der Waals surface area contributed by atoms with E-state index in [1.165, 1.54) is 0 Å². The molecule has 0 fully saturated rings. The van der Waals surface area contributed by atoms with Crippen LogP contribution in [-0.4, -0.2) is 17.9 Å². The van der Waals surface area contributed by atoms with Gasteiger partial charge >= 0.3 is 5.51 Å². The number of alkyl halides is 3. The van der Waals surface area contributed by atoms with E-state index in [2.05, 4.69) is 0 Å². The third-order valence-electron chi connectivity index (χ3n) is 3.54. The Labute approximate surface area is 141 Å². The standard InChI is InChI=1S/C18H13F3O2S/c1-2-23-13-10-6-9-12-14(11-7-4-3-5-8-11)17(16(22)15(12)13)24-18(19,20)21/h3-10H,2H2,1H3. The summed E-state index contributed by atoms with van der Waals surface area (Å²) in [5.41, 5.74) is -2.99. The van der Waals surface area contributed by atoms with E-state index >= 15 is 0 Å². The minimum atomic E-state index is -4.54. The first-order chi connectivity index (χ1) is 11.4. The molecule has 0 N–H and O–H groups in total. The van der Waals surface area contributed by atoms with E-state index in [0.29, 0.717) is 29.1 Å². The van der Waals surface area contributed by atoms with Gasteiger partial charge in [-0.05, 0) is 35.9 Å². The average Bonchev–Trinajstić information content (AvgIpc) is 2.80. The molecule has 0 unspecified atom stereocenters. The Morgan fingerprint density at radius 3 is 2.38 bits per heavy atom. The zero-order chi connectivity index (χ0) is 17.3. The maximum absolute atomic E-state index is 13.0. The number of benzene rings is 2. The molecule has 2 aromatic carbocycles. The van der Waals surface area contributed by atoms with Crippen molar-refractivity contribution in [1.82, 2.24) is 0 Å². The molecular formula is C18H13F3O2S. The number of ether oxygens (including phenoxy) is 1. The normalized spacial score (nSPS) is 14.1. The molecule has 0 heterocycles. The number of carbonyl (C=O) groups is 1. The van der Waals surface area contributed by atoms with Crippen molar-refractivity contribution in [2.75, 3.05) is 6.61 Å². The number of ketones is 1. The predicted octanol–water partition coefficient (Wildman–Crippen LogP) is 5.29. The topological polar surface area (TPSA) is 26.3 Å². The molecule has 1 aliphatic carbocycles. The highest BCUT2D eigenvalue weighted by atomic mass is 32.2. The van der Waals surface area contributed by atoms with Gasteiger partial charge in [-0.3, -0.25) is 4.79 Å². The summed E-state index contributed by atoms with van der Waals surface area (Å²) in [5.74, 6) is -0.332. The van der Waals surface area contributed by atoms with E-state index in [9.17, 15) is 18.0 Å². The number of carbonyl (C=O) groups excluding carboxylic acids is 1. The number of hydrogen-bond acceptors (Lipinski definition) is 3. The van der Waals surface area contributed by atoms with E-state index in [0.717, 1.165) is 0 Å². The molecule has 0 atom stereocenters. The molecule has 2 nitrogen and oxygen atoms in total. The zero-order valence-electron chi connectivity index (χ0n) is 12.7. The van der Waals surface area contributed by atoms with Gasteiger partial charge in [0.05, 0.1) is 17.1 Å². The summed E-state index contributed by atoms with van der Waals surface area (Å²) >= 11 is -0.367. The highest BCUT2D eigenvalue weighted by Gasteiger charge is 2.40. The van der Waals surface area contributed by atoms with E-state index in [1.807, 2.05) is 0 Å². The molecule has 0 radical (unpaired) electrons. The number of rotatable bonds is 4. The van der Waals surface area contributed by atoms with Crippen LogP contribution in [0.4, 0.5) is 13.2 Å². The van der Waals surface area contributed by atoms with Crippen LogP contribution in [0, 0.1) is 0 Å². The van der Waals surface area contributed by atoms with Crippen LogP contribution in [0.15, 0.2) is 53.4 Å². The lowest BCUT2D eigenvalue weighted by atomic mass is 9.99. The molecule has 24 heavy (non-hydrogen) atoms. The van der Waals surface area contributed by atoms with Crippen molar-refractivity contribution in [3.63, 3.8) is 0 Å². The molecular weight excluding hydrogens is 337 g/mol. The van der Waals surface area contributed by atoms with E-state index in [-0.39, 0.29) is 22.2 Å². The third kappa shape index (κ3) is 3.06. The Kier molecular flexibility index (Phi) is 4.41. The highest BCUT2D eigenvalue weighted by Crippen LogP contribution is 2.49. The number of allylic oxidation sites excluding steroid dienone is 1. The van der Waals surface area contributed by atoms with Crippen LogP contribution in [-0.2, 0) is 0 Å². The maximum atomic E-state index is 13.0. The lowest BCUT2D eigenvalue weighted by Gasteiger charge is -2.10. The second-order valence-corrected chi connectivity index (χ2v) is 6.13. The summed E-state index contributed by atoms with van der Waals surface area (Å²) < 4.78 is 44.4. The minimum absolute atomic E-state index is 0.199. The fourth-order valence-electron chi connectivity index (χ4n) is 2.70. The number of fused-ring (bicyclic) bond motifs is 1. The fraction of sp³-hybridized carbons (Fsp3) is 0.167. The summed E-state index contributed by atoms with van der Waals surface area (Å²) in [5, 5.41) is 0. The molecule has 6 heteroatoms. The first-order valence-electron chi connectivity index (χ1n) is 7.28. The van der Waals surface area contributed by atoms with Crippen molar-refractivity contribution >= 4 is 23.1 Å². The van der Waals surface area contributed by atoms with Gasteiger partial charge in [-0.1, -0.05) is 42.5 Å². The van der Waals surface area contributed by atoms with Crippen molar-refractivity contribution in [3.8, 4) is 5.75 Å². The number of thioether (sulfide) groups is 1. The van der Waals surface area contributed by atoms with Crippen LogP contribution in [0.1, 0.15) is 28.4 Å². The lowest BCUT2D eigenvalue weighted by molar-refractivity contribution is -0.0322. The van der Waals surface area contributed by atoms with Gasteiger partial charge in [-0.25, -0.2) is 0 Å². The molecule has 124 valence electrons. The van der Waals surface area contributed by atoms with E-state index in [4.69, 9.17) is 4.74 Å². The average molecular weight is 350 g/mol. The van der Waals surface area contributed by atoms with Crippen LogP contribution >= 0.6 is 11.8 Å². The fourth-order valence-corrected chi connectivity index (χ4v) is 3.46. The maximum Gasteiger partial charge on any atom is 0.446 e. The van der Waals surface area contributed by atoms with Crippen LogP contribution in [0.5, 0.6) is 5.75 Å². The first-order valence-corrected chi connectivity index (χ1v) is 8.10. The SMILES string of the molecule is CCOc1cccc2c1C(=O)C(SC(F)(F)F)=C2c1ccccc1. The minimum Gasteiger partial charge on any atom is -0.493 e. The molecule has 0 saturated carbocycles. The van der Waals surface area contributed by atoms with E-state index < -0.39 is 11.3 Å². The Hall–Kier alpha value is -2.21. The summed E-state index contributed by atoms with van der Waals surface area (Å²) in [6.45, 7) is 2.09. The molecule has 2 aromatic rings. The molecule has 0 saturated heterocycles. The molecule has 0 aliphatic heterocycles. The van der Waals surface area contributed by atoms with Gasteiger partial charge in [-0.15, -0.1) is 0 Å². The Balaban J connectivity index is 2.22. The monoisotopic (exact) mass is 350 g/mol. The molecule has 0 aromatic heterocycles. The summed E-state index contributed by atoms with van der Waals surface area (Å²) in [6, 6.07) is 13.6. The summed E-state index contributed by atoms with van der Waals surface area (Å²) in [7, 11) is 0. The first kappa shape index (κ1) is 16.6. The summed E-state index contributed by atoms with van der Waals surface area (Å²) in [4.78, 5) is 12.4. The smallest absolute Gasteiger partial charge is 0.446 e.